The molecule has 3 heterocycles. The van der Waals surface area contributed by atoms with Gasteiger partial charge in [0, 0.05) is 17.4 Å². The molecule has 5 rings (SSSR count). The molecule has 0 bridgehead atoms. The first-order valence-corrected chi connectivity index (χ1v) is 10.3. The number of amides is 1. The van der Waals surface area contributed by atoms with Gasteiger partial charge in [-0.05, 0) is 35.9 Å². The lowest BCUT2D eigenvalue weighted by atomic mass is 10.1. The Morgan fingerprint density at radius 2 is 2.10 bits per heavy atom. The number of hydrogen-bond donors (Lipinski definition) is 1. The molecule has 0 unspecified atom stereocenters. The minimum atomic E-state index is -0.371. The van der Waals surface area contributed by atoms with E-state index in [0.717, 1.165) is 29.1 Å². The number of thiazole rings is 1. The molecule has 150 valence electrons. The van der Waals surface area contributed by atoms with E-state index in [4.69, 9.17) is 9.47 Å². The summed E-state index contributed by atoms with van der Waals surface area (Å²) in [7, 11) is 1.52. The number of hydrogen-bond acceptors (Lipinski definition) is 6. The van der Waals surface area contributed by atoms with Crippen molar-refractivity contribution in [2.45, 2.75) is 6.42 Å². The van der Waals surface area contributed by atoms with E-state index in [2.05, 4.69) is 21.5 Å². The fraction of sp³-hybridized carbons (Fsp3) is 0.136. The van der Waals surface area contributed by atoms with Gasteiger partial charge in [-0.1, -0.05) is 18.2 Å². The largest absolute Gasteiger partial charge is 0.493 e. The Morgan fingerprint density at radius 1 is 1.23 bits per heavy atom. The average molecular weight is 418 g/mol. The van der Waals surface area contributed by atoms with Crippen LogP contribution in [0.5, 0.6) is 11.5 Å². The lowest BCUT2D eigenvalue weighted by molar-refractivity contribution is 0.101. The fourth-order valence-corrected chi connectivity index (χ4v) is 4.06. The zero-order valence-electron chi connectivity index (χ0n) is 16.2. The topological polar surface area (TPSA) is 78.3 Å². The molecule has 1 N–H and O–H groups in total. The summed E-state index contributed by atoms with van der Waals surface area (Å²) in [4.78, 5) is 17.4. The van der Waals surface area contributed by atoms with E-state index < -0.39 is 0 Å². The molecule has 0 aliphatic carbocycles. The average Bonchev–Trinajstić information content (AvgIpc) is 3.52. The van der Waals surface area contributed by atoms with E-state index in [9.17, 15) is 4.79 Å². The van der Waals surface area contributed by atoms with Crippen LogP contribution >= 0.6 is 11.3 Å². The van der Waals surface area contributed by atoms with Crippen LogP contribution in [0, 0.1) is 0 Å². The second-order valence-electron chi connectivity index (χ2n) is 6.74. The highest BCUT2D eigenvalue weighted by Gasteiger charge is 2.20. The molecule has 2 aromatic carbocycles. The summed E-state index contributed by atoms with van der Waals surface area (Å²) in [6, 6.07) is 15.6. The summed E-state index contributed by atoms with van der Waals surface area (Å²) in [6.45, 7) is 0.717. The first-order chi connectivity index (χ1) is 14.7. The van der Waals surface area contributed by atoms with Crippen molar-refractivity contribution in [1.29, 1.82) is 0 Å². The van der Waals surface area contributed by atoms with Crippen LogP contribution in [0.15, 0.2) is 60.1 Å². The van der Waals surface area contributed by atoms with Crippen LogP contribution in [0.1, 0.15) is 16.1 Å². The number of anilines is 1. The van der Waals surface area contributed by atoms with Gasteiger partial charge >= 0.3 is 0 Å². The molecule has 1 aliphatic heterocycles. The minimum absolute atomic E-state index is 0.202. The van der Waals surface area contributed by atoms with Crippen molar-refractivity contribution in [2.75, 3.05) is 19.0 Å². The number of methoxy groups -OCH3 is 1. The monoisotopic (exact) mass is 418 g/mol. The van der Waals surface area contributed by atoms with Crippen LogP contribution in [0.2, 0.25) is 0 Å². The van der Waals surface area contributed by atoms with Gasteiger partial charge in [-0.15, -0.1) is 11.3 Å². The van der Waals surface area contributed by atoms with E-state index in [-0.39, 0.29) is 11.6 Å². The minimum Gasteiger partial charge on any atom is -0.493 e. The second kappa shape index (κ2) is 7.64. The van der Waals surface area contributed by atoms with Crippen LogP contribution in [-0.4, -0.2) is 34.4 Å². The van der Waals surface area contributed by atoms with E-state index in [0.29, 0.717) is 17.5 Å². The zero-order chi connectivity index (χ0) is 20.5. The van der Waals surface area contributed by atoms with Crippen LogP contribution in [-0.2, 0) is 6.42 Å². The summed E-state index contributed by atoms with van der Waals surface area (Å²) in [6.07, 6.45) is 2.59. The third-order valence-corrected chi connectivity index (χ3v) is 5.60. The summed E-state index contributed by atoms with van der Waals surface area (Å²) in [5.74, 6) is 0.958. The van der Waals surface area contributed by atoms with Crippen molar-refractivity contribution in [2.24, 2.45) is 0 Å². The van der Waals surface area contributed by atoms with Crippen molar-refractivity contribution < 1.29 is 14.3 Å². The molecule has 0 spiro atoms. The maximum atomic E-state index is 12.8. The molecule has 1 aliphatic rings. The Kier molecular flexibility index (Phi) is 4.68. The van der Waals surface area contributed by atoms with Gasteiger partial charge in [-0.25, -0.2) is 9.67 Å². The van der Waals surface area contributed by atoms with Gasteiger partial charge in [0.2, 0.25) is 0 Å². The Labute approximate surface area is 176 Å². The first-order valence-electron chi connectivity index (χ1n) is 9.43. The van der Waals surface area contributed by atoms with Gasteiger partial charge in [0.1, 0.15) is 5.75 Å². The number of carbonyl (C=O) groups is 1. The quantitative estimate of drug-likeness (QED) is 0.526. The normalized spacial score (nSPS) is 12.3. The molecule has 4 aromatic rings. The van der Waals surface area contributed by atoms with Crippen LogP contribution < -0.4 is 14.8 Å². The highest BCUT2D eigenvalue weighted by molar-refractivity contribution is 7.14. The lowest BCUT2D eigenvalue weighted by Gasteiger charge is -2.02. The Bertz CT molecular complexity index is 1220. The third kappa shape index (κ3) is 3.42. The third-order valence-electron chi connectivity index (χ3n) is 4.85. The molecule has 1 amide bonds. The molecular weight excluding hydrogens is 400 g/mol. The number of aromatic nitrogens is 3. The first kappa shape index (κ1) is 18.4. The highest BCUT2D eigenvalue weighted by atomic mass is 32.1. The molecule has 0 atom stereocenters. The molecule has 30 heavy (non-hydrogen) atoms. The van der Waals surface area contributed by atoms with Gasteiger partial charge in [0.05, 0.1) is 31.3 Å². The molecular formula is C22H18N4O3S. The summed E-state index contributed by atoms with van der Waals surface area (Å²) >= 11 is 1.37. The predicted molar refractivity (Wildman–Crippen MR) is 115 cm³/mol. The lowest BCUT2D eigenvalue weighted by Crippen LogP contribution is -2.14. The Hall–Kier alpha value is -3.65. The van der Waals surface area contributed by atoms with Crippen molar-refractivity contribution in [3.8, 4) is 28.4 Å². The van der Waals surface area contributed by atoms with Gasteiger partial charge < -0.3 is 9.47 Å². The highest BCUT2D eigenvalue weighted by Crippen LogP contribution is 2.32. The summed E-state index contributed by atoms with van der Waals surface area (Å²) in [5, 5.41) is 9.65. The fourth-order valence-electron chi connectivity index (χ4n) is 3.34. The van der Waals surface area contributed by atoms with Gasteiger partial charge in [0.25, 0.3) is 5.91 Å². The van der Waals surface area contributed by atoms with E-state index in [1.54, 1.807) is 10.9 Å². The van der Waals surface area contributed by atoms with Gasteiger partial charge in [0.15, 0.2) is 16.6 Å². The number of para-hydroxylation sites is 1. The maximum absolute atomic E-state index is 12.8. The maximum Gasteiger partial charge on any atom is 0.281 e. The Balaban J connectivity index is 1.37. The smallest absolute Gasteiger partial charge is 0.281 e. The predicted octanol–water partition coefficient (Wildman–Crippen LogP) is 4.19. The molecule has 7 nitrogen and oxygen atoms in total. The number of ether oxygens (including phenoxy) is 2. The van der Waals surface area contributed by atoms with Crippen molar-refractivity contribution >= 4 is 22.4 Å². The number of nitrogens with one attached hydrogen (secondary N) is 1. The van der Waals surface area contributed by atoms with Crippen LogP contribution in [0.25, 0.3) is 16.9 Å². The summed E-state index contributed by atoms with van der Waals surface area (Å²) < 4.78 is 12.5. The molecule has 0 fully saturated rings. The molecule has 0 saturated heterocycles. The van der Waals surface area contributed by atoms with Gasteiger partial charge in [-0.2, -0.15) is 5.10 Å². The number of carbonyl (C=O) groups excluding carboxylic acids is 1. The van der Waals surface area contributed by atoms with E-state index >= 15 is 0 Å². The summed E-state index contributed by atoms with van der Waals surface area (Å²) in [5.41, 5.74) is 4.04. The molecule has 0 saturated carbocycles. The molecule has 2 aromatic heterocycles. The van der Waals surface area contributed by atoms with Crippen LogP contribution in [0.3, 0.4) is 0 Å². The number of rotatable bonds is 5. The van der Waals surface area contributed by atoms with Crippen molar-refractivity contribution in [3.05, 3.63) is 71.4 Å². The molecule has 8 heteroatoms. The number of benzene rings is 2. The van der Waals surface area contributed by atoms with Gasteiger partial charge in [-0.3, -0.25) is 10.1 Å². The zero-order valence-corrected chi connectivity index (χ0v) is 17.0. The standard InChI is InChI=1S/C22H18N4O3S/c1-28-19-12-26(16-5-3-2-4-6-16)25-20(19)21(27)24-22-23-17(13-30-22)14-7-8-18-15(11-14)9-10-29-18/h2-8,11-13H,9-10H2,1H3,(H,23,24,27). The SMILES string of the molecule is COc1cn(-c2ccccc2)nc1C(=O)Nc1nc(-c2ccc3c(c2)CCO3)cs1. The van der Waals surface area contributed by atoms with Crippen LogP contribution in [0.4, 0.5) is 5.13 Å². The van der Waals surface area contributed by atoms with Crippen molar-refractivity contribution in [3.63, 3.8) is 0 Å². The Morgan fingerprint density at radius 3 is 2.93 bits per heavy atom. The number of nitrogens with zero attached hydrogens (tertiary/aromatic N) is 3. The van der Waals surface area contributed by atoms with E-state index in [1.165, 1.54) is 24.0 Å². The molecule has 0 radical (unpaired) electrons. The number of fused-ring (bicyclic) bond motifs is 1. The second-order valence-corrected chi connectivity index (χ2v) is 7.60. The van der Waals surface area contributed by atoms with E-state index in [1.807, 2.05) is 47.8 Å². The van der Waals surface area contributed by atoms with Crippen molar-refractivity contribution in [1.82, 2.24) is 14.8 Å².